The second-order valence-corrected chi connectivity index (χ2v) is 4.77. The first-order valence-electron chi connectivity index (χ1n) is 7.11. The van der Waals surface area contributed by atoms with E-state index in [-0.39, 0.29) is 0 Å². The van der Waals surface area contributed by atoms with Gasteiger partial charge in [-0.2, -0.15) is 0 Å². The first-order valence-corrected chi connectivity index (χ1v) is 7.11. The van der Waals surface area contributed by atoms with Crippen LogP contribution in [-0.4, -0.2) is 12.6 Å². The van der Waals surface area contributed by atoms with Crippen molar-refractivity contribution >= 4 is 0 Å². The van der Waals surface area contributed by atoms with E-state index in [1.165, 1.54) is 36.8 Å². The van der Waals surface area contributed by atoms with Gasteiger partial charge in [0.05, 0.1) is 0 Å². The van der Waals surface area contributed by atoms with E-state index in [0.29, 0.717) is 6.04 Å². The van der Waals surface area contributed by atoms with E-state index in [2.05, 4.69) is 50.4 Å². The normalized spacial score (nSPS) is 12.6. The van der Waals surface area contributed by atoms with Gasteiger partial charge in [-0.05, 0) is 49.8 Å². The standard InChI is InChI=1S/C16H27N/c1-4-13-17-16(6-3)12-11-15-9-7-14(5-2)8-10-15/h7-10,16-17H,4-6,11-13H2,1-3H3. The molecule has 0 saturated carbocycles. The summed E-state index contributed by atoms with van der Waals surface area (Å²) in [7, 11) is 0. The number of hydrogen-bond donors (Lipinski definition) is 1. The molecule has 0 radical (unpaired) electrons. The summed E-state index contributed by atoms with van der Waals surface area (Å²) in [5.41, 5.74) is 2.91. The van der Waals surface area contributed by atoms with Gasteiger partial charge >= 0.3 is 0 Å². The molecular weight excluding hydrogens is 206 g/mol. The fourth-order valence-electron chi connectivity index (χ4n) is 2.08. The van der Waals surface area contributed by atoms with Crippen LogP contribution in [0.15, 0.2) is 24.3 Å². The van der Waals surface area contributed by atoms with Gasteiger partial charge in [-0.3, -0.25) is 0 Å². The summed E-state index contributed by atoms with van der Waals surface area (Å²) in [6.45, 7) is 7.85. The van der Waals surface area contributed by atoms with Crippen LogP contribution < -0.4 is 5.32 Å². The predicted octanol–water partition coefficient (Wildman–Crippen LogP) is 3.96. The highest BCUT2D eigenvalue weighted by molar-refractivity contribution is 5.22. The molecule has 0 fully saturated rings. The third-order valence-electron chi connectivity index (χ3n) is 3.39. The molecular formula is C16H27N. The fourth-order valence-corrected chi connectivity index (χ4v) is 2.08. The van der Waals surface area contributed by atoms with Crippen molar-refractivity contribution in [1.82, 2.24) is 5.32 Å². The Bertz CT molecular complexity index is 289. The molecule has 17 heavy (non-hydrogen) atoms. The van der Waals surface area contributed by atoms with E-state index in [4.69, 9.17) is 0 Å². The van der Waals surface area contributed by atoms with Crippen LogP contribution in [0.5, 0.6) is 0 Å². The molecule has 0 bridgehead atoms. The maximum Gasteiger partial charge on any atom is 0.00676 e. The average molecular weight is 233 g/mol. The molecule has 0 aromatic heterocycles. The van der Waals surface area contributed by atoms with Crippen molar-refractivity contribution in [1.29, 1.82) is 0 Å². The van der Waals surface area contributed by atoms with Crippen LogP contribution in [0.1, 0.15) is 51.2 Å². The lowest BCUT2D eigenvalue weighted by Gasteiger charge is -2.16. The molecule has 0 heterocycles. The number of aryl methyl sites for hydroxylation is 2. The van der Waals surface area contributed by atoms with Gasteiger partial charge in [-0.25, -0.2) is 0 Å². The quantitative estimate of drug-likeness (QED) is 0.716. The molecule has 0 amide bonds. The molecule has 1 heteroatoms. The van der Waals surface area contributed by atoms with E-state index in [1.807, 2.05) is 0 Å². The zero-order valence-corrected chi connectivity index (χ0v) is 11.6. The molecule has 96 valence electrons. The van der Waals surface area contributed by atoms with Crippen LogP contribution in [0.4, 0.5) is 0 Å². The third-order valence-corrected chi connectivity index (χ3v) is 3.39. The van der Waals surface area contributed by atoms with Crippen LogP contribution in [0.3, 0.4) is 0 Å². The summed E-state index contributed by atoms with van der Waals surface area (Å²) < 4.78 is 0. The second-order valence-electron chi connectivity index (χ2n) is 4.77. The Labute approximate surface area is 107 Å². The molecule has 0 saturated heterocycles. The molecule has 1 atom stereocenters. The zero-order chi connectivity index (χ0) is 12.5. The van der Waals surface area contributed by atoms with Crippen LogP contribution >= 0.6 is 0 Å². The average Bonchev–Trinajstić information content (AvgIpc) is 2.39. The molecule has 1 unspecified atom stereocenters. The van der Waals surface area contributed by atoms with Crippen molar-refractivity contribution in [3.8, 4) is 0 Å². The smallest absolute Gasteiger partial charge is 0.00676 e. The Kier molecular flexibility index (Phi) is 6.95. The van der Waals surface area contributed by atoms with Gasteiger partial charge in [0, 0.05) is 6.04 Å². The Morgan fingerprint density at radius 1 is 1.00 bits per heavy atom. The molecule has 1 aromatic carbocycles. The summed E-state index contributed by atoms with van der Waals surface area (Å²) >= 11 is 0. The molecule has 1 N–H and O–H groups in total. The molecule has 0 aliphatic carbocycles. The molecule has 1 aromatic rings. The Morgan fingerprint density at radius 3 is 2.18 bits per heavy atom. The Balaban J connectivity index is 2.36. The summed E-state index contributed by atoms with van der Waals surface area (Å²) in [4.78, 5) is 0. The van der Waals surface area contributed by atoms with Gasteiger partial charge in [0.2, 0.25) is 0 Å². The highest BCUT2D eigenvalue weighted by Crippen LogP contribution is 2.10. The van der Waals surface area contributed by atoms with Crippen LogP contribution in [-0.2, 0) is 12.8 Å². The van der Waals surface area contributed by atoms with Crippen LogP contribution in [0.2, 0.25) is 0 Å². The monoisotopic (exact) mass is 233 g/mol. The van der Waals surface area contributed by atoms with Crippen molar-refractivity contribution in [3.63, 3.8) is 0 Å². The lowest BCUT2D eigenvalue weighted by Crippen LogP contribution is -2.29. The minimum absolute atomic E-state index is 0.681. The van der Waals surface area contributed by atoms with Gasteiger partial charge in [-0.15, -0.1) is 0 Å². The largest absolute Gasteiger partial charge is 0.314 e. The van der Waals surface area contributed by atoms with Crippen LogP contribution in [0.25, 0.3) is 0 Å². The third kappa shape index (κ3) is 5.36. The van der Waals surface area contributed by atoms with E-state index in [1.54, 1.807) is 0 Å². The SMILES string of the molecule is CCCNC(CC)CCc1ccc(CC)cc1. The predicted molar refractivity (Wildman–Crippen MR) is 76.5 cm³/mol. The van der Waals surface area contributed by atoms with Gasteiger partial charge in [0.25, 0.3) is 0 Å². The zero-order valence-electron chi connectivity index (χ0n) is 11.6. The van der Waals surface area contributed by atoms with Crippen molar-refractivity contribution in [2.45, 2.75) is 58.9 Å². The molecule has 1 nitrogen and oxygen atoms in total. The van der Waals surface area contributed by atoms with Crippen LogP contribution in [0, 0.1) is 0 Å². The summed E-state index contributed by atoms with van der Waals surface area (Å²) in [5.74, 6) is 0. The summed E-state index contributed by atoms with van der Waals surface area (Å²) in [5, 5.41) is 3.61. The maximum absolute atomic E-state index is 3.61. The number of nitrogens with one attached hydrogen (secondary N) is 1. The minimum Gasteiger partial charge on any atom is -0.314 e. The van der Waals surface area contributed by atoms with Gasteiger partial charge in [-0.1, -0.05) is 45.0 Å². The minimum atomic E-state index is 0.681. The van der Waals surface area contributed by atoms with Crippen molar-refractivity contribution in [2.24, 2.45) is 0 Å². The Hall–Kier alpha value is -0.820. The Morgan fingerprint density at radius 2 is 1.65 bits per heavy atom. The summed E-state index contributed by atoms with van der Waals surface area (Å²) in [6.07, 6.45) is 6.03. The van der Waals surface area contributed by atoms with E-state index in [0.717, 1.165) is 13.0 Å². The number of benzene rings is 1. The topological polar surface area (TPSA) is 12.0 Å². The van der Waals surface area contributed by atoms with Crippen molar-refractivity contribution in [3.05, 3.63) is 35.4 Å². The highest BCUT2D eigenvalue weighted by Gasteiger charge is 2.04. The van der Waals surface area contributed by atoms with Crippen molar-refractivity contribution in [2.75, 3.05) is 6.54 Å². The van der Waals surface area contributed by atoms with Gasteiger partial charge in [0.15, 0.2) is 0 Å². The maximum atomic E-state index is 3.61. The van der Waals surface area contributed by atoms with E-state index >= 15 is 0 Å². The second kappa shape index (κ2) is 8.30. The van der Waals surface area contributed by atoms with Gasteiger partial charge in [0.1, 0.15) is 0 Å². The lowest BCUT2D eigenvalue weighted by atomic mass is 10.0. The molecule has 0 spiro atoms. The molecule has 0 aliphatic rings. The van der Waals surface area contributed by atoms with Gasteiger partial charge < -0.3 is 5.32 Å². The molecule has 0 aliphatic heterocycles. The fraction of sp³-hybridized carbons (Fsp3) is 0.625. The lowest BCUT2D eigenvalue weighted by molar-refractivity contribution is 0.468. The number of rotatable bonds is 8. The summed E-state index contributed by atoms with van der Waals surface area (Å²) in [6, 6.07) is 9.77. The first kappa shape index (κ1) is 14.2. The highest BCUT2D eigenvalue weighted by atomic mass is 14.9. The van der Waals surface area contributed by atoms with Crippen molar-refractivity contribution < 1.29 is 0 Å². The number of hydrogen-bond acceptors (Lipinski definition) is 1. The molecule has 1 rings (SSSR count). The van der Waals surface area contributed by atoms with E-state index < -0.39 is 0 Å². The first-order chi connectivity index (χ1) is 8.30. The van der Waals surface area contributed by atoms with E-state index in [9.17, 15) is 0 Å².